The van der Waals surface area contributed by atoms with E-state index in [9.17, 15) is 0 Å². The maximum atomic E-state index is 6.08. The molecule has 0 aliphatic carbocycles. The molecule has 0 saturated carbocycles. The van der Waals surface area contributed by atoms with Crippen molar-refractivity contribution in [1.82, 2.24) is 4.90 Å². The number of hydrogen-bond acceptors (Lipinski definition) is 2. The molecule has 2 saturated heterocycles. The standard InChI is InChI=1S/C14H25N3O/c1-3-13-12(6-8-18-13)9-16-14(15)17-7-4-5-11(2)10-17/h3,11-13H,1,4-10H2,2H3,(H2,15,16)/t11?,12-,13-/m0/s1. The van der Waals surface area contributed by atoms with E-state index < -0.39 is 0 Å². The van der Waals surface area contributed by atoms with E-state index >= 15 is 0 Å². The van der Waals surface area contributed by atoms with Gasteiger partial charge in [0, 0.05) is 32.2 Å². The van der Waals surface area contributed by atoms with Gasteiger partial charge in [-0.25, -0.2) is 0 Å². The van der Waals surface area contributed by atoms with E-state index in [0.717, 1.165) is 38.6 Å². The maximum Gasteiger partial charge on any atom is 0.191 e. The molecular weight excluding hydrogens is 226 g/mol. The molecule has 0 radical (unpaired) electrons. The monoisotopic (exact) mass is 251 g/mol. The molecule has 0 amide bonds. The lowest BCUT2D eigenvalue weighted by Gasteiger charge is -2.31. The molecular formula is C14H25N3O. The minimum absolute atomic E-state index is 0.154. The predicted molar refractivity (Wildman–Crippen MR) is 74.5 cm³/mol. The molecule has 102 valence electrons. The Morgan fingerprint density at radius 2 is 2.39 bits per heavy atom. The third-order valence-corrected chi connectivity index (χ3v) is 3.96. The molecule has 2 aliphatic rings. The topological polar surface area (TPSA) is 50.9 Å². The van der Waals surface area contributed by atoms with Crippen molar-refractivity contribution >= 4 is 5.96 Å². The molecule has 4 heteroatoms. The molecule has 18 heavy (non-hydrogen) atoms. The van der Waals surface area contributed by atoms with Crippen molar-refractivity contribution in [3.8, 4) is 0 Å². The summed E-state index contributed by atoms with van der Waals surface area (Å²) in [7, 11) is 0. The van der Waals surface area contributed by atoms with E-state index in [-0.39, 0.29) is 6.10 Å². The van der Waals surface area contributed by atoms with Crippen LogP contribution in [0.15, 0.2) is 17.6 Å². The third kappa shape index (κ3) is 3.25. The van der Waals surface area contributed by atoms with Crippen LogP contribution in [0, 0.1) is 11.8 Å². The van der Waals surface area contributed by atoms with Crippen LogP contribution in [-0.2, 0) is 4.74 Å². The number of rotatable bonds is 3. The van der Waals surface area contributed by atoms with E-state index in [4.69, 9.17) is 10.5 Å². The molecule has 1 unspecified atom stereocenters. The first-order chi connectivity index (χ1) is 8.70. The van der Waals surface area contributed by atoms with E-state index in [1.807, 2.05) is 6.08 Å². The Hall–Kier alpha value is -1.03. The fraction of sp³-hybridized carbons (Fsp3) is 0.786. The zero-order chi connectivity index (χ0) is 13.0. The van der Waals surface area contributed by atoms with Crippen LogP contribution >= 0.6 is 0 Å². The van der Waals surface area contributed by atoms with Crippen LogP contribution in [0.5, 0.6) is 0 Å². The lowest BCUT2D eigenvalue weighted by atomic mass is 10.0. The summed E-state index contributed by atoms with van der Waals surface area (Å²) in [5.41, 5.74) is 6.08. The van der Waals surface area contributed by atoms with Crippen LogP contribution in [0.4, 0.5) is 0 Å². The maximum absolute atomic E-state index is 6.08. The normalized spacial score (nSPS) is 33.7. The Bertz CT molecular complexity index is 316. The minimum Gasteiger partial charge on any atom is -0.374 e. The van der Waals surface area contributed by atoms with Gasteiger partial charge < -0.3 is 15.4 Å². The van der Waals surface area contributed by atoms with Gasteiger partial charge in [0.1, 0.15) is 0 Å². The van der Waals surface area contributed by atoms with Gasteiger partial charge in [0.2, 0.25) is 0 Å². The highest BCUT2D eigenvalue weighted by Gasteiger charge is 2.25. The summed E-state index contributed by atoms with van der Waals surface area (Å²) in [6.45, 7) is 9.75. The molecule has 3 atom stereocenters. The van der Waals surface area contributed by atoms with Gasteiger partial charge in [-0.3, -0.25) is 4.99 Å². The largest absolute Gasteiger partial charge is 0.374 e. The lowest BCUT2D eigenvalue weighted by molar-refractivity contribution is 0.129. The van der Waals surface area contributed by atoms with Gasteiger partial charge in [-0.05, 0) is 25.2 Å². The molecule has 2 rings (SSSR count). The molecule has 2 heterocycles. The van der Waals surface area contributed by atoms with Crippen molar-refractivity contribution in [2.24, 2.45) is 22.6 Å². The Morgan fingerprint density at radius 1 is 1.56 bits per heavy atom. The van der Waals surface area contributed by atoms with Gasteiger partial charge in [0.15, 0.2) is 5.96 Å². The summed E-state index contributed by atoms with van der Waals surface area (Å²) in [5, 5.41) is 0. The number of nitrogens with two attached hydrogens (primary N) is 1. The lowest BCUT2D eigenvalue weighted by Crippen LogP contribution is -2.43. The first-order valence-corrected chi connectivity index (χ1v) is 6.99. The van der Waals surface area contributed by atoms with Gasteiger partial charge in [-0.1, -0.05) is 13.0 Å². The summed E-state index contributed by atoms with van der Waals surface area (Å²) < 4.78 is 5.57. The molecule has 2 N–H and O–H groups in total. The highest BCUT2D eigenvalue weighted by Crippen LogP contribution is 2.22. The molecule has 0 bridgehead atoms. The quantitative estimate of drug-likeness (QED) is 0.471. The van der Waals surface area contributed by atoms with E-state index in [1.54, 1.807) is 0 Å². The van der Waals surface area contributed by atoms with Crippen LogP contribution in [0.25, 0.3) is 0 Å². The van der Waals surface area contributed by atoms with Crippen molar-refractivity contribution in [2.75, 3.05) is 26.2 Å². The van der Waals surface area contributed by atoms with Gasteiger partial charge >= 0.3 is 0 Å². The van der Waals surface area contributed by atoms with Gasteiger partial charge in [0.05, 0.1) is 6.10 Å². The summed E-state index contributed by atoms with van der Waals surface area (Å²) in [4.78, 5) is 6.77. The molecule has 0 aromatic rings. The summed E-state index contributed by atoms with van der Waals surface area (Å²) in [5.74, 6) is 1.88. The molecule has 0 aromatic heterocycles. The molecule has 0 spiro atoms. The summed E-state index contributed by atoms with van der Waals surface area (Å²) in [6, 6.07) is 0. The Morgan fingerprint density at radius 3 is 3.11 bits per heavy atom. The average molecular weight is 251 g/mol. The highest BCUT2D eigenvalue weighted by molar-refractivity contribution is 5.78. The van der Waals surface area contributed by atoms with Crippen molar-refractivity contribution < 1.29 is 4.74 Å². The van der Waals surface area contributed by atoms with E-state index in [1.165, 1.54) is 12.8 Å². The second-order valence-electron chi connectivity index (χ2n) is 5.51. The van der Waals surface area contributed by atoms with Crippen molar-refractivity contribution in [1.29, 1.82) is 0 Å². The Kier molecular flexibility index (Phi) is 4.64. The van der Waals surface area contributed by atoms with Crippen LogP contribution in [-0.4, -0.2) is 43.2 Å². The summed E-state index contributed by atoms with van der Waals surface area (Å²) >= 11 is 0. The zero-order valence-corrected chi connectivity index (χ0v) is 11.3. The number of piperidine rings is 1. The fourth-order valence-electron chi connectivity index (χ4n) is 2.82. The fourth-order valence-corrected chi connectivity index (χ4v) is 2.82. The number of hydrogen-bond donors (Lipinski definition) is 1. The third-order valence-electron chi connectivity index (χ3n) is 3.96. The average Bonchev–Trinajstić information content (AvgIpc) is 2.83. The highest BCUT2D eigenvalue weighted by atomic mass is 16.5. The predicted octanol–water partition coefficient (Wildman–Crippen LogP) is 1.62. The van der Waals surface area contributed by atoms with Crippen LogP contribution in [0.2, 0.25) is 0 Å². The smallest absolute Gasteiger partial charge is 0.191 e. The molecule has 4 nitrogen and oxygen atoms in total. The SMILES string of the molecule is C=C[C@@H]1OCC[C@H]1CN=C(N)N1CCCC(C)C1. The number of likely N-dealkylation sites (tertiary alicyclic amines) is 1. The minimum atomic E-state index is 0.154. The first-order valence-electron chi connectivity index (χ1n) is 6.99. The van der Waals surface area contributed by atoms with Gasteiger partial charge in [0.25, 0.3) is 0 Å². The Labute approximate surface area is 110 Å². The second-order valence-corrected chi connectivity index (χ2v) is 5.51. The summed E-state index contributed by atoms with van der Waals surface area (Å²) in [6.07, 6.45) is 5.62. The van der Waals surface area contributed by atoms with Crippen LogP contribution in [0.1, 0.15) is 26.2 Å². The van der Waals surface area contributed by atoms with Crippen molar-refractivity contribution in [2.45, 2.75) is 32.3 Å². The first kappa shape index (κ1) is 13.4. The number of aliphatic imine (C=N–C) groups is 1. The molecule has 2 fully saturated rings. The van der Waals surface area contributed by atoms with Gasteiger partial charge in [-0.2, -0.15) is 0 Å². The van der Waals surface area contributed by atoms with Crippen molar-refractivity contribution in [3.63, 3.8) is 0 Å². The van der Waals surface area contributed by atoms with E-state index in [0.29, 0.717) is 11.9 Å². The Balaban J connectivity index is 1.86. The second kappa shape index (κ2) is 6.23. The molecule has 2 aliphatic heterocycles. The zero-order valence-electron chi connectivity index (χ0n) is 11.3. The van der Waals surface area contributed by atoms with Crippen LogP contribution in [0.3, 0.4) is 0 Å². The van der Waals surface area contributed by atoms with Crippen LogP contribution < -0.4 is 5.73 Å². The number of nitrogens with zero attached hydrogens (tertiary/aromatic N) is 2. The number of ether oxygens (including phenoxy) is 1. The van der Waals surface area contributed by atoms with Gasteiger partial charge in [-0.15, -0.1) is 6.58 Å². The van der Waals surface area contributed by atoms with E-state index in [2.05, 4.69) is 23.4 Å². The molecule has 0 aromatic carbocycles. The van der Waals surface area contributed by atoms with Crippen molar-refractivity contribution in [3.05, 3.63) is 12.7 Å². The number of guanidine groups is 1.